The van der Waals surface area contributed by atoms with Crippen LogP contribution in [0.15, 0.2) is 48.5 Å². The third kappa shape index (κ3) is 2.39. The summed E-state index contributed by atoms with van der Waals surface area (Å²) in [4.78, 5) is 19.0. The van der Waals surface area contributed by atoms with Crippen LogP contribution in [0.4, 0.5) is 5.69 Å². The molecule has 1 saturated heterocycles. The first kappa shape index (κ1) is 14.3. The van der Waals surface area contributed by atoms with Gasteiger partial charge >= 0.3 is 0 Å². The van der Waals surface area contributed by atoms with E-state index in [0.29, 0.717) is 18.0 Å². The van der Waals surface area contributed by atoms with Crippen molar-refractivity contribution in [1.82, 2.24) is 9.55 Å². The predicted molar refractivity (Wildman–Crippen MR) is 91.9 cm³/mol. The molecule has 2 heterocycles. The van der Waals surface area contributed by atoms with Gasteiger partial charge in [0.2, 0.25) is 5.91 Å². The van der Waals surface area contributed by atoms with E-state index in [1.165, 1.54) is 0 Å². The maximum Gasteiger partial charge on any atom is 0.227 e. The normalized spacial score (nSPS) is 18.1. The lowest BCUT2D eigenvalue weighted by atomic mass is 10.1. The van der Waals surface area contributed by atoms with Gasteiger partial charge in [0.25, 0.3) is 0 Å². The summed E-state index contributed by atoms with van der Waals surface area (Å²) < 4.78 is 2.09. The summed E-state index contributed by atoms with van der Waals surface area (Å²) in [5.41, 5.74) is 2.92. The van der Waals surface area contributed by atoms with Gasteiger partial charge in [-0.05, 0) is 30.3 Å². The van der Waals surface area contributed by atoms with E-state index in [9.17, 15) is 4.79 Å². The molecule has 0 N–H and O–H groups in total. The minimum absolute atomic E-state index is 0.0962. The molecular weight excluding hydrogens is 310 g/mol. The lowest BCUT2D eigenvalue weighted by Crippen LogP contribution is -2.24. The highest BCUT2D eigenvalue weighted by Gasteiger charge is 2.34. The van der Waals surface area contributed by atoms with Gasteiger partial charge in [0, 0.05) is 36.6 Å². The number of hydrogen-bond donors (Lipinski definition) is 0. The summed E-state index contributed by atoms with van der Waals surface area (Å²) in [5, 5.41) is 0.640. The molecule has 0 aliphatic carbocycles. The Labute approximate surface area is 139 Å². The van der Waals surface area contributed by atoms with Crippen LogP contribution in [0, 0.1) is 0 Å². The second kappa shape index (κ2) is 5.39. The number of hydrogen-bond acceptors (Lipinski definition) is 2. The molecule has 116 valence electrons. The molecular formula is C18H16ClN3O. The molecule has 0 unspecified atom stereocenters. The molecule has 4 nitrogen and oxygen atoms in total. The number of amides is 1. The Morgan fingerprint density at radius 3 is 2.78 bits per heavy atom. The van der Waals surface area contributed by atoms with Crippen molar-refractivity contribution < 1.29 is 4.79 Å². The summed E-state index contributed by atoms with van der Waals surface area (Å²) in [6.45, 7) is 0.635. The molecule has 1 amide bonds. The molecule has 2 aromatic carbocycles. The molecule has 0 radical (unpaired) electrons. The first-order valence-electron chi connectivity index (χ1n) is 7.61. The van der Waals surface area contributed by atoms with Gasteiger partial charge in [-0.2, -0.15) is 0 Å². The number of fused-ring (bicyclic) bond motifs is 1. The number of carbonyl (C=O) groups is 1. The van der Waals surface area contributed by atoms with Crippen LogP contribution in [0.1, 0.15) is 18.2 Å². The van der Waals surface area contributed by atoms with Gasteiger partial charge < -0.3 is 9.47 Å². The van der Waals surface area contributed by atoms with Crippen molar-refractivity contribution in [2.45, 2.75) is 12.3 Å². The van der Waals surface area contributed by atoms with Crippen molar-refractivity contribution in [2.24, 2.45) is 7.05 Å². The summed E-state index contributed by atoms with van der Waals surface area (Å²) in [6.07, 6.45) is 0.476. The van der Waals surface area contributed by atoms with Crippen molar-refractivity contribution in [3.05, 3.63) is 59.4 Å². The van der Waals surface area contributed by atoms with Gasteiger partial charge in [-0.15, -0.1) is 0 Å². The predicted octanol–water partition coefficient (Wildman–Crippen LogP) is 3.75. The van der Waals surface area contributed by atoms with Crippen molar-refractivity contribution in [1.29, 1.82) is 0 Å². The van der Waals surface area contributed by atoms with Crippen LogP contribution in [0.25, 0.3) is 11.0 Å². The minimum Gasteiger partial charge on any atom is -0.331 e. The topological polar surface area (TPSA) is 38.1 Å². The standard InChI is InChI=1S/C18H16ClN3O/c1-21-16-8-3-2-7-15(16)20-18(21)12-9-17(23)22(11-12)14-6-4-5-13(19)10-14/h2-8,10,12H,9,11H2,1H3/t12-/m1/s1. The van der Waals surface area contributed by atoms with E-state index in [4.69, 9.17) is 16.6 Å². The Morgan fingerprint density at radius 1 is 1.17 bits per heavy atom. The lowest BCUT2D eigenvalue weighted by Gasteiger charge is -2.17. The Bertz CT molecular complexity index is 902. The highest BCUT2D eigenvalue weighted by molar-refractivity contribution is 6.30. The number of rotatable bonds is 2. The number of carbonyl (C=O) groups excluding carboxylic acids is 1. The number of aromatic nitrogens is 2. The SMILES string of the molecule is Cn1c([C@@H]2CC(=O)N(c3cccc(Cl)c3)C2)nc2ccccc21. The molecule has 4 rings (SSSR count). The van der Waals surface area contributed by atoms with E-state index < -0.39 is 0 Å². The first-order chi connectivity index (χ1) is 11.1. The smallest absolute Gasteiger partial charge is 0.227 e. The Balaban J connectivity index is 1.69. The molecule has 0 bridgehead atoms. The molecule has 1 aliphatic rings. The maximum atomic E-state index is 12.4. The highest BCUT2D eigenvalue weighted by atomic mass is 35.5. The van der Waals surface area contributed by atoms with Crippen LogP contribution >= 0.6 is 11.6 Å². The number of aryl methyl sites for hydroxylation is 1. The van der Waals surface area contributed by atoms with Crippen molar-refractivity contribution in [2.75, 3.05) is 11.4 Å². The Kier molecular flexibility index (Phi) is 3.34. The summed E-state index contributed by atoms with van der Waals surface area (Å²) >= 11 is 6.05. The van der Waals surface area contributed by atoms with E-state index in [-0.39, 0.29) is 11.8 Å². The molecule has 1 aromatic heterocycles. The lowest BCUT2D eigenvalue weighted by molar-refractivity contribution is -0.117. The number of benzene rings is 2. The molecule has 1 atom stereocenters. The summed E-state index contributed by atoms with van der Waals surface area (Å²) in [5.74, 6) is 1.17. The molecule has 0 saturated carbocycles. The molecule has 3 aromatic rings. The number of nitrogens with zero attached hydrogens (tertiary/aromatic N) is 3. The number of para-hydroxylation sites is 2. The molecule has 1 fully saturated rings. The zero-order chi connectivity index (χ0) is 16.0. The fraction of sp³-hybridized carbons (Fsp3) is 0.222. The second-order valence-corrected chi connectivity index (χ2v) is 6.34. The Morgan fingerprint density at radius 2 is 2.00 bits per heavy atom. The third-order valence-corrected chi connectivity index (χ3v) is 4.67. The van der Waals surface area contributed by atoms with Crippen molar-refractivity contribution >= 4 is 34.2 Å². The Hall–Kier alpha value is -2.33. The number of halogens is 1. The fourth-order valence-corrected chi connectivity index (χ4v) is 3.49. The van der Waals surface area contributed by atoms with Gasteiger partial charge in [-0.3, -0.25) is 4.79 Å². The van der Waals surface area contributed by atoms with Gasteiger partial charge in [-0.25, -0.2) is 4.98 Å². The van der Waals surface area contributed by atoms with Crippen LogP contribution in [0.3, 0.4) is 0 Å². The van der Waals surface area contributed by atoms with E-state index in [2.05, 4.69) is 10.6 Å². The fourth-order valence-electron chi connectivity index (χ4n) is 3.30. The van der Waals surface area contributed by atoms with Crippen molar-refractivity contribution in [3.8, 4) is 0 Å². The summed E-state index contributed by atoms with van der Waals surface area (Å²) in [6, 6.07) is 15.5. The minimum atomic E-state index is 0.0962. The van der Waals surface area contributed by atoms with E-state index in [1.807, 2.05) is 49.5 Å². The van der Waals surface area contributed by atoms with Crippen LogP contribution in [-0.2, 0) is 11.8 Å². The van der Waals surface area contributed by atoms with Gasteiger partial charge in [0.15, 0.2) is 0 Å². The van der Waals surface area contributed by atoms with Crippen LogP contribution in [-0.4, -0.2) is 22.0 Å². The quantitative estimate of drug-likeness (QED) is 0.719. The second-order valence-electron chi connectivity index (χ2n) is 5.90. The average molecular weight is 326 g/mol. The van der Waals surface area contributed by atoms with Gasteiger partial charge in [0.05, 0.1) is 11.0 Å². The largest absolute Gasteiger partial charge is 0.331 e. The molecule has 0 spiro atoms. The van der Waals surface area contributed by atoms with E-state index in [0.717, 1.165) is 22.5 Å². The van der Waals surface area contributed by atoms with Crippen molar-refractivity contribution in [3.63, 3.8) is 0 Å². The molecule has 23 heavy (non-hydrogen) atoms. The zero-order valence-electron chi connectivity index (χ0n) is 12.7. The van der Waals surface area contributed by atoms with Gasteiger partial charge in [0.1, 0.15) is 5.82 Å². The number of anilines is 1. The highest BCUT2D eigenvalue weighted by Crippen LogP contribution is 2.33. The first-order valence-corrected chi connectivity index (χ1v) is 7.98. The average Bonchev–Trinajstić information content (AvgIpc) is 3.09. The monoisotopic (exact) mass is 325 g/mol. The van der Waals surface area contributed by atoms with Crippen LogP contribution in [0.5, 0.6) is 0 Å². The third-order valence-electron chi connectivity index (χ3n) is 4.43. The van der Waals surface area contributed by atoms with Crippen LogP contribution < -0.4 is 4.90 Å². The summed E-state index contributed by atoms with van der Waals surface area (Å²) in [7, 11) is 2.01. The molecule has 5 heteroatoms. The number of imidazole rings is 1. The van der Waals surface area contributed by atoms with E-state index >= 15 is 0 Å². The van der Waals surface area contributed by atoms with Gasteiger partial charge in [-0.1, -0.05) is 29.8 Å². The van der Waals surface area contributed by atoms with E-state index in [1.54, 1.807) is 4.90 Å². The zero-order valence-corrected chi connectivity index (χ0v) is 13.5. The maximum absolute atomic E-state index is 12.4. The van der Waals surface area contributed by atoms with Crippen LogP contribution in [0.2, 0.25) is 5.02 Å². The molecule has 1 aliphatic heterocycles.